The van der Waals surface area contributed by atoms with Crippen molar-refractivity contribution in [1.82, 2.24) is 0 Å². The second-order valence-electron chi connectivity index (χ2n) is 4.46. The van der Waals surface area contributed by atoms with E-state index in [1.54, 1.807) is 0 Å². The van der Waals surface area contributed by atoms with Crippen molar-refractivity contribution < 1.29 is 9.66 Å². The van der Waals surface area contributed by atoms with Crippen LogP contribution in [0.5, 0.6) is 5.75 Å². The molecule has 2 aromatic rings. The standard InChI is InChI=1S/C15H15ClN2O3/c1-11-4-2-3-5-15(11)21-9-8-17-13-10-12(16)6-7-14(13)18(19)20/h2-7,10,17H,8-9H2,1H3. The number of halogens is 1. The summed E-state index contributed by atoms with van der Waals surface area (Å²) in [5.74, 6) is 0.805. The molecule has 0 radical (unpaired) electrons. The van der Waals surface area contributed by atoms with Gasteiger partial charge >= 0.3 is 0 Å². The summed E-state index contributed by atoms with van der Waals surface area (Å²) < 4.78 is 5.62. The van der Waals surface area contributed by atoms with Crippen LogP contribution in [0.3, 0.4) is 0 Å². The highest BCUT2D eigenvalue weighted by atomic mass is 35.5. The van der Waals surface area contributed by atoms with Crippen molar-refractivity contribution in [2.24, 2.45) is 0 Å². The van der Waals surface area contributed by atoms with E-state index in [-0.39, 0.29) is 5.69 Å². The fourth-order valence-electron chi connectivity index (χ4n) is 1.87. The number of rotatable bonds is 6. The SMILES string of the molecule is Cc1ccccc1OCCNc1cc(Cl)ccc1[N+](=O)[O-]. The molecule has 0 aliphatic heterocycles. The molecule has 0 amide bonds. The van der Waals surface area contributed by atoms with Gasteiger partial charge < -0.3 is 10.1 Å². The lowest BCUT2D eigenvalue weighted by Gasteiger charge is -2.10. The highest BCUT2D eigenvalue weighted by molar-refractivity contribution is 6.31. The summed E-state index contributed by atoms with van der Waals surface area (Å²) in [5.41, 5.74) is 1.43. The van der Waals surface area contributed by atoms with E-state index in [0.717, 1.165) is 11.3 Å². The molecule has 0 aromatic heterocycles. The van der Waals surface area contributed by atoms with E-state index in [0.29, 0.717) is 23.9 Å². The Bertz CT molecular complexity index is 647. The van der Waals surface area contributed by atoms with E-state index in [4.69, 9.17) is 16.3 Å². The molecule has 0 bridgehead atoms. The maximum Gasteiger partial charge on any atom is 0.292 e. The molecule has 0 saturated carbocycles. The molecule has 2 rings (SSSR count). The maximum absolute atomic E-state index is 10.9. The second-order valence-corrected chi connectivity index (χ2v) is 4.90. The molecule has 0 saturated heterocycles. The summed E-state index contributed by atoms with van der Waals surface area (Å²) in [6, 6.07) is 12.1. The number of hydrogen-bond donors (Lipinski definition) is 1. The van der Waals surface area contributed by atoms with E-state index < -0.39 is 4.92 Å². The molecular weight excluding hydrogens is 292 g/mol. The normalized spacial score (nSPS) is 10.2. The third kappa shape index (κ3) is 4.10. The third-order valence-corrected chi connectivity index (χ3v) is 3.16. The Balaban J connectivity index is 1.93. The number of nitro benzene ring substituents is 1. The average molecular weight is 307 g/mol. The number of hydrogen-bond acceptors (Lipinski definition) is 4. The number of aryl methyl sites for hydroxylation is 1. The first kappa shape index (κ1) is 15.1. The van der Waals surface area contributed by atoms with Crippen molar-refractivity contribution in [3.63, 3.8) is 0 Å². The minimum Gasteiger partial charge on any atom is -0.491 e. The molecule has 110 valence electrons. The van der Waals surface area contributed by atoms with Crippen molar-refractivity contribution >= 4 is 23.0 Å². The lowest BCUT2D eigenvalue weighted by atomic mass is 10.2. The van der Waals surface area contributed by atoms with E-state index in [1.165, 1.54) is 18.2 Å². The van der Waals surface area contributed by atoms with Gasteiger partial charge in [-0.15, -0.1) is 0 Å². The molecule has 6 heteroatoms. The van der Waals surface area contributed by atoms with Crippen LogP contribution >= 0.6 is 11.6 Å². The Morgan fingerprint density at radius 3 is 2.76 bits per heavy atom. The van der Waals surface area contributed by atoms with Crippen LogP contribution in [0.25, 0.3) is 0 Å². The fourth-order valence-corrected chi connectivity index (χ4v) is 2.05. The molecule has 21 heavy (non-hydrogen) atoms. The quantitative estimate of drug-likeness (QED) is 0.497. The van der Waals surface area contributed by atoms with Gasteiger partial charge in [-0.1, -0.05) is 29.8 Å². The van der Waals surface area contributed by atoms with Gasteiger partial charge in [0.2, 0.25) is 0 Å². The van der Waals surface area contributed by atoms with E-state index in [1.807, 2.05) is 31.2 Å². The van der Waals surface area contributed by atoms with Gasteiger partial charge in [-0.2, -0.15) is 0 Å². The molecular formula is C15H15ClN2O3. The van der Waals surface area contributed by atoms with E-state index in [2.05, 4.69) is 5.32 Å². The summed E-state index contributed by atoms with van der Waals surface area (Å²) in [6.07, 6.45) is 0. The predicted octanol–water partition coefficient (Wildman–Crippen LogP) is 4.05. The maximum atomic E-state index is 10.9. The van der Waals surface area contributed by atoms with E-state index in [9.17, 15) is 10.1 Å². The van der Waals surface area contributed by atoms with Gasteiger partial charge in [-0.3, -0.25) is 10.1 Å². The lowest BCUT2D eigenvalue weighted by molar-refractivity contribution is -0.384. The zero-order chi connectivity index (χ0) is 15.2. The van der Waals surface area contributed by atoms with Gasteiger partial charge in [-0.05, 0) is 30.7 Å². The summed E-state index contributed by atoms with van der Waals surface area (Å²) in [6.45, 7) is 2.80. The topological polar surface area (TPSA) is 64.4 Å². The van der Waals surface area contributed by atoms with Crippen LogP contribution in [-0.4, -0.2) is 18.1 Å². The molecule has 0 aliphatic rings. The van der Waals surface area contributed by atoms with Crippen molar-refractivity contribution in [1.29, 1.82) is 0 Å². The highest BCUT2D eigenvalue weighted by Crippen LogP contribution is 2.27. The average Bonchev–Trinajstić information content (AvgIpc) is 2.45. The summed E-state index contributed by atoms with van der Waals surface area (Å²) >= 11 is 5.86. The highest BCUT2D eigenvalue weighted by Gasteiger charge is 2.13. The Hall–Kier alpha value is -2.27. The molecule has 1 N–H and O–H groups in total. The first-order valence-electron chi connectivity index (χ1n) is 6.44. The molecule has 5 nitrogen and oxygen atoms in total. The number of nitrogens with zero attached hydrogens (tertiary/aromatic N) is 1. The molecule has 0 fully saturated rings. The molecule has 0 spiro atoms. The Morgan fingerprint density at radius 1 is 1.29 bits per heavy atom. The Labute approximate surface area is 127 Å². The van der Waals surface area contributed by atoms with Gasteiger partial charge in [0.25, 0.3) is 5.69 Å². The number of nitro groups is 1. The van der Waals surface area contributed by atoms with Gasteiger partial charge in [0.15, 0.2) is 0 Å². The van der Waals surface area contributed by atoms with Crippen LogP contribution in [0.2, 0.25) is 5.02 Å². The molecule has 0 atom stereocenters. The number of benzene rings is 2. The van der Waals surface area contributed by atoms with Crippen molar-refractivity contribution in [2.75, 3.05) is 18.5 Å². The van der Waals surface area contributed by atoms with Crippen molar-refractivity contribution in [3.8, 4) is 5.75 Å². The predicted molar refractivity (Wildman–Crippen MR) is 83.3 cm³/mol. The molecule has 0 aliphatic carbocycles. The summed E-state index contributed by atoms with van der Waals surface area (Å²) in [7, 11) is 0. The Kier molecular flexibility index (Phi) is 5.00. The number of anilines is 1. The summed E-state index contributed by atoms with van der Waals surface area (Å²) in [5, 5.41) is 14.3. The minimum absolute atomic E-state index is 0.00436. The zero-order valence-corrected chi connectivity index (χ0v) is 12.3. The van der Waals surface area contributed by atoms with Gasteiger partial charge in [0.1, 0.15) is 18.0 Å². The van der Waals surface area contributed by atoms with Gasteiger partial charge in [0.05, 0.1) is 4.92 Å². The largest absolute Gasteiger partial charge is 0.491 e. The number of nitrogens with one attached hydrogen (secondary N) is 1. The first-order chi connectivity index (χ1) is 10.1. The second kappa shape index (κ2) is 6.95. The fraction of sp³-hybridized carbons (Fsp3) is 0.200. The first-order valence-corrected chi connectivity index (χ1v) is 6.82. The monoisotopic (exact) mass is 306 g/mol. The van der Waals surface area contributed by atoms with Crippen molar-refractivity contribution in [3.05, 3.63) is 63.2 Å². The van der Waals surface area contributed by atoms with E-state index >= 15 is 0 Å². The van der Waals surface area contributed by atoms with Crippen LogP contribution in [0.15, 0.2) is 42.5 Å². The van der Waals surface area contributed by atoms with Crippen LogP contribution in [0.1, 0.15) is 5.56 Å². The van der Waals surface area contributed by atoms with Gasteiger partial charge in [-0.25, -0.2) is 0 Å². The number of para-hydroxylation sites is 1. The number of ether oxygens (including phenoxy) is 1. The van der Waals surface area contributed by atoms with Crippen LogP contribution in [-0.2, 0) is 0 Å². The van der Waals surface area contributed by atoms with Gasteiger partial charge in [0, 0.05) is 17.6 Å². The molecule has 0 heterocycles. The molecule has 2 aromatic carbocycles. The minimum atomic E-state index is -0.444. The van der Waals surface area contributed by atoms with Crippen LogP contribution < -0.4 is 10.1 Å². The van der Waals surface area contributed by atoms with Crippen molar-refractivity contribution in [2.45, 2.75) is 6.92 Å². The Morgan fingerprint density at radius 2 is 2.05 bits per heavy atom. The smallest absolute Gasteiger partial charge is 0.292 e. The van der Waals surface area contributed by atoms with Crippen LogP contribution in [0, 0.1) is 17.0 Å². The third-order valence-electron chi connectivity index (χ3n) is 2.92. The van der Waals surface area contributed by atoms with Crippen LogP contribution in [0.4, 0.5) is 11.4 Å². The summed E-state index contributed by atoms with van der Waals surface area (Å²) in [4.78, 5) is 10.5. The zero-order valence-electron chi connectivity index (χ0n) is 11.5. The molecule has 0 unspecified atom stereocenters. The lowest BCUT2D eigenvalue weighted by Crippen LogP contribution is -2.12.